The number of aliphatic hydroxyl groups is 1. The zero-order chi connectivity index (χ0) is 12.5. The predicted molar refractivity (Wildman–Crippen MR) is 71.1 cm³/mol. The summed E-state index contributed by atoms with van der Waals surface area (Å²) in [5.41, 5.74) is 2.76. The molecule has 0 spiro atoms. The van der Waals surface area contributed by atoms with Crippen LogP contribution in [0.15, 0.2) is 24.3 Å². The van der Waals surface area contributed by atoms with Crippen molar-refractivity contribution in [2.45, 2.75) is 38.6 Å². The Morgan fingerprint density at radius 1 is 1.18 bits per heavy atom. The van der Waals surface area contributed by atoms with E-state index in [1.54, 1.807) is 0 Å². The van der Waals surface area contributed by atoms with Crippen molar-refractivity contribution in [3.05, 3.63) is 35.4 Å². The monoisotopic (exact) mass is 233 g/mol. The summed E-state index contributed by atoms with van der Waals surface area (Å²) in [6, 6.07) is 9.10. The van der Waals surface area contributed by atoms with Crippen molar-refractivity contribution in [3.8, 4) is 0 Å². The predicted octanol–water partition coefficient (Wildman–Crippen LogP) is 2.84. The molecule has 2 nitrogen and oxygen atoms in total. The molecule has 17 heavy (non-hydrogen) atoms. The minimum atomic E-state index is 0.0914. The Bertz CT molecular complexity index is 365. The number of hydrogen-bond acceptors (Lipinski definition) is 2. The number of rotatable bonds is 5. The molecule has 0 radical (unpaired) electrons. The first-order valence-electron chi connectivity index (χ1n) is 6.51. The van der Waals surface area contributed by atoms with E-state index in [4.69, 9.17) is 0 Å². The van der Waals surface area contributed by atoms with E-state index >= 15 is 0 Å². The molecule has 1 fully saturated rings. The first-order valence-corrected chi connectivity index (χ1v) is 6.51. The summed E-state index contributed by atoms with van der Waals surface area (Å²) in [4.78, 5) is 0. The highest BCUT2D eigenvalue weighted by Crippen LogP contribution is 2.54. The molecule has 1 aliphatic rings. The normalized spacial score (nSPS) is 19.4. The molecule has 94 valence electrons. The molecular formula is C15H23NO. The van der Waals surface area contributed by atoms with Gasteiger partial charge in [-0.1, -0.05) is 38.1 Å². The van der Waals surface area contributed by atoms with Gasteiger partial charge in [-0.05, 0) is 36.9 Å². The molecule has 1 aliphatic carbocycles. The van der Waals surface area contributed by atoms with E-state index < -0.39 is 0 Å². The SMILES string of the molecule is CNC(c1ccc(C(C)C)cc1)C1(CO)CC1. The van der Waals surface area contributed by atoms with Crippen LogP contribution in [0.2, 0.25) is 0 Å². The van der Waals surface area contributed by atoms with E-state index in [0.717, 1.165) is 12.8 Å². The minimum absolute atomic E-state index is 0.0914. The zero-order valence-corrected chi connectivity index (χ0v) is 11.0. The first-order chi connectivity index (χ1) is 8.13. The molecule has 2 rings (SSSR count). The Hall–Kier alpha value is -0.860. The van der Waals surface area contributed by atoms with E-state index in [1.165, 1.54) is 11.1 Å². The fourth-order valence-electron chi connectivity index (χ4n) is 2.60. The third-order valence-corrected chi connectivity index (χ3v) is 4.04. The highest BCUT2D eigenvalue weighted by molar-refractivity contribution is 5.29. The van der Waals surface area contributed by atoms with Crippen molar-refractivity contribution in [1.82, 2.24) is 5.32 Å². The molecule has 1 atom stereocenters. The van der Waals surface area contributed by atoms with Gasteiger partial charge in [-0.2, -0.15) is 0 Å². The van der Waals surface area contributed by atoms with Crippen LogP contribution in [-0.2, 0) is 0 Å². The van der Waals surface area contributed by atoms with Gasteiger partial charge in [0.05, 0.1) is 6.61 Å². The van der Waals surface area contributed by atoms with Crippen LogP contribution in [0.5, 0.6) is 0 Å². The van der Waals surface area contributed by atoms with E-state index in [-0.39, 0.29) is 18.1 Å². The molecular weight excluding hydrogens is 210 g/mol. The molecule has 0 saturated heterocycles. The molecule has 0 amide bonds. The second-order valence-corrected chi connectivity index (χ2v) is 5.56. The van der Waals surface area contributed by atoms with Crippen LogP contribution in [0.1, 0.15) is 49.8 Å². The van der Waals surface area contributed by atoms with Crippen molar-refractivity contribution >= 4 is 0 Å². The Morgan fingerprint density at radius 2 is 1.71 bits per heavy atom. The van der Waals surface area contributed by atoms with Gasteiger partial charge in [-0.25, -0.2) is 0 Å². The summed E-state index contributed by atoms with van der Waals surface area (Å²) in [6.07, 6.45) is 2.25. The number of hydrogen-bond donors (Lipinski definition) is 2. The summed E-state index contributed by atoms with van der Waals surface area (Å²) in [7, 11) is 1.98. The average Bonchev–Trinajstić information content (AvgIpc) is 3.12. The van der Waals surface area contributed by atoms with Crippen LogP contribution in [0, 0.1) is 5.41 Å². The van der Waals surface area contributed by atoms with Gasteiger partial charge in [-0.3, -0.25) is 0 Å². The summed E-state index contributed by atoms with van der Waals surface area (Å²) >= 11 is 0. The highest BCUT2D eigenvalue weighted by Gasteiger charge is 2.48. The van der Waals surface area contributed by atoms with Gasteiger partial charge in [-0.15, -0.1) is 0 Å². The Kier molecular flexibility index (Phi) is 3.55. The van der Waals surface area contributed by atoms with Gasteiger partial charge < -0.3 is 10.4 Å². The molecule has 1 saturated carbocycles. The molecule has 0 heterocycles. The van der Waals surface area contributed by atoms with Crippen LogP contribution in [0.3, 0.4) is 0 Å². The lowest BCUT2D eigenvalue weighted by Gasteiger charge is -2.25. The largest absolute Gasteiger partial charge is 0.396 e. The number of benzene rings is 1. The standard InChI is InChI=1S/C15H23NO/c1-11(2)12-4-6-13(7-5-12)14(16-3)15(10-17)8-9-15/h4-7,11,14,16-17H,8-10H2,1-3H3. The number of nitrogens with one attached hydrogen (secondary N) is 1. The van der Waals surface area contributed by atoms with Gasteiger partial charge in [0.25, 0.3) is 0 Å². The highest BCUT2D eigenvalue weighted by atomic mass is 16.3. The van der Waals surface area contributed by atoms with Crippen LogP contribution in [0.4, 0.5) is 0 Å². The van der Waals surface area contributed by atoms with Crippen LogP contribution < -0.4 is 5.32 Å². The number of aliphatic hydroxyl groups excluding tert-OH is 1. The summed E-state index contributed by atoms with van der Waals surface area (Å²) in [5, 5.41) is 12.9. The van der Waals surface area contributed by atoms with Crippen molar-refractivity contribution in [2.24, 2.45) is 5.41 Å². The van der Waals surface area contributed by atoms with Gasteiger partial charge in [0.15, 0.2) is 0 Å². The molecule has 1 unspecified atom stereocenters. The summed E-state index contributed by atoms with van der Waals surface area (Å²) in [5.74, 6) is 0.574. The van der Waals surface area contributed by atoms with Gasteiger partial charge in [0.1, 0.15) is 0 Å². The van der Waals surface area contributed by atoms with Crippen molar-refractivity contribution in [2.75, 3.05) is 13.7 Å². The van der Waals surface area contributed by atoms with Gasteiger partial charge in [0, 0.05) is 11.5 Å². The second kappa shape index (κ2) is 4.79. The molecule has 1 aromatic carbocycles. The second-order valence-electron chi connectivity index (χ2n) is 5.56. The maximum atomic E-state index is 9.52. The third kappa shape index (κ3) is 2.38. The minimum Gasteiger partial charge on any atom is -0.396 e. The summed E-state index contributed by atoms with van der Waals surface area (Å²) in [6.45, 7) is 4.70. The van der Waals surface area contributed by atoms with Crippen LogP contribution in [-0.4, -0.2) is 18.8 Å². The molecule has 0 bridgehead atoms. The molecule has 0 aliphatic heterocycles. The van der Waals surface area contributed by atoms with E-state index in [1.807, 2.05) is 7.05 Å². The topological polar surface area (TPSA) is 32.3 Å². The first kappa shape index (κ1) is 12.6. The maximum absolute atomic E-state index is 9.52. The quantitative estimate of drug-likeness (QED) is 0.819. The lowest BCUT2D eigenvalue weighted by Crippen LogP contribution is -2.29. The molecule has 2 N–H and O–H groups in total. The van der Waals surface area contributed by atoms with E-state index in [0.29, 0.717) is 5.92 Å². The van der Waals surface area contributed by atoms with Crippen molar-refractivity contribution < 1.29 is 5.11 Å². The van der Waals surface area contributed by atoms with E-state index in [2.05, 4.69) is 43.4 Å². The van der Waals surface area contributed by atoms with E-state index in [9.17, 15) is 5.11 Å². The van der Waals surface area contributed by atoms with Crippen LogP contribution >= 0.6 is 0 Å². The zero-order valence-electron chi connectivity index (χ0n) is 11.0. The van der Waals surface area contributed by atoms with Crippen LogP contribution in [0.25, 0.3) is 0 Å². The average molecular weight is 233 g/mol. The van der Waals surface area contributed by atoms with Crippen molar-refractivity contribution in [3.63, 3.8) is 0 Å². The smallest absolute Gasteiger partial charge is 0.0505 e. The maximum Gasteiger partial charge on any atom is 0.0505 e. The lowest BCUT2D eigenvalue weighted by molar-refractivity contribution is 0.175. The Balaban J connectivity index is 2.20. The van der Waals surface area contributed by atoms with Gasteiger partial charge >= 0.3 is 0 Å². The summed E-state index contributed by atoms with van der Waals surface area (Å²) < 4.78 is 0. The molecule has 2 heteroatoms. The Labute approximate surface area is 104 Å². The van der Waals surface area contributed by atoms with Crippen molar-refractivity contribution in [1.29, 1.82) is 0 Å². The molecule has 0 aromatic heterocycles. The lowest BCUT2D eigenvalue weighted by atomic mass is 9.89. The fraction of sp³-hybridized carbons (Fsp3) is 0.600. The molecule has 1 aromatic rings. The fourth-order valence-corrected chi connectivity index (χ4v) is 2.60. The Morgan fingerprint density at radius 3 is 2.06 bits per heavy atom. The third-order valence-electron chi connectivity index (χ3n) is 4.04. The van der Waals surface area contributed by atoms with Gasteiger partial charge in [0.2, 0.25) is 0 Å².